The fourth-order valence-corrected chi connectivity index (χ4v) is 1.94. The lowest BCUT2D eigenvalue weighted by Gasteiger charge is -2.11. The lowest BCUT2D eigenvalue weighted by Crippen LogP contribution is -2.10. The summed E-state index contributed by atoms with van der Waals surface area (Å²) in [7, 11) is 1.37. The van der Waals surface area contributed by atoms with Gasteiger partial charge in [0.05, 0.1) is 19.1 Å². The second-order valence-corrected chi connectivity index (χ2v) is 4.78. The first-order chi connectivity index (χ1) is 9.49. The van der Waals surface area contributed by atoms with Gasteiger partial charge in [0.2, 0.25) is 0 Å². The lowest BCUT2D eigenvalue weighted by molar-refractivity contribution is -0.141. The number of hydrogen-bond donors (Lipinski definition) is 2. The predicted molar refractivity (Wildman–Crippen MR) is 78.2 cm³/mol. The van der Waals surface area contributed by atoms with Crippen LogP contribution in [0.4, 0.5) is 0 Å². The average Bonchev–Trinajstić information content (AvgIpc) is 2.45. The zero-order valence-corrected chi connectivity index (χ0v) is 12.2. The first-order valence-corrected chi connectivity index (χ1v) is 6.66. The minimum atomic E-state index is -0.587. The van der Waals surface area contributed by atoms with Crippen LogP contribution in [0.3, 0.4) is 0 Å². The van der Waals surface area contributed by atoms with Crippen molar-refractivity contribution < 1.29 is 19.7 Å². The molecule has 4 nitrogen and oxygen atoms in total. The van der Waals surface area contributed by atoms with E-state index in [2.05, 4.69) is 0 Å². The van der Waals surface area contributed by atoms with Gasteiger partial charge in [0.15, 0.2) is 0 Å². The molecule has 0 heterocycles. The second kappa shape index (κ2) is 7.82. The highest BCUT2D eigenvalue weighted by Crippen LogP contribution is 2.19. The Hall–Kier alpha value is -1.65. The van der Waals surface area contributed by atoms with Crippen LogP contribution in [0.25, 0.3) is 6.08 Å². The van der Waals surface area contributed by atoms with Crippen molar-refractivity contribution in [3.05, 3.63) is 41.0 Å². The molecule has 2 atom stereocenters. The standard InChI is InChI=1S/C16H22O4/c1-11(16(19)20-3)14-6-4-13(5-7-14)10-15(8-9-17)12(2)18/h4-7,10-12,17-18H,8-9H2,1-3H3. The third kappa shape index (κ3) is 4.47. The zero-order chi connectivity index (χ0) is 15.1. The van der Waals surface area contributed by atoms with Gasteiger partial charge in [-0.15, -0.1) is 0 Å². The molecule has 0 saturated carbocycles. The molecule has 20 heavy (non-hydrogen) atoms. The molecule has 0 aromatic heterocycles. The van der Waals surface area contributed by atoms with Crippen LogP contribution < -0.4 is 0 Å². The molecule has 2 unspecified atom stereocenters. The molecule has 110 valence electrons. The summed E-state index contributed by atoms with van der Waals surface area (Å²) in [5, 5.41) is 18.6. The fraction of sp³-hybridized carbons (Fsp3) is 0.438. The molecule has 0 aliphatic rings. The van der Waals surface area contributed by atoms with E-state index < -0.39 is 6.10 Å². The van der Waals surface area contributed by atoms with Gasteiger partial charge in [-0.3, -0.25) is 4.79 Å². The van der Waals surface area contributed by atoms with E-state index in [4.69, 9.17) is 9.84 Å². The van der Waals surface area contributed by atoms with E-state index in [0.29, 0.717) is 6.42 Å². The van der Waals surface area contributed by atoms with Crippen molar-refractivity contribution >= 4 is 12.0 Å². The van der Waals surface area contributed by atoms with Crippen molar-refractivity contribution in [3.63, 3.8) is 0 Å². The van der Waals surface area contributed by atoms with Gasteiger partial charge in [0.25, 0.3) is 0 Å². The van der Waals surface area contributed by atoms with Crippen molar-refractivity contribution in [2.45, 2.75) is 32.3 Å². The van der Waals surface area contributed by atoms with Crippen LogP contribution in [0.2, 0.25) is 0 Å². The number of esters is 1. The Morgan fingerprint density at radius 3 is 2.35 bits per heavy atom. The summed E-state index contributed by atoms with van der Waals surface area (Å²) in [5.74, 6) is -0.565. The zero-order valence-electron chi connectivity index (χ0n) is 12.2. The Bertz CT molecular complexity index is 460. The fourth-order valence-electron chi connectivity index (χ4n) is 1.94. The number of aliphatic hydroxyl groups is 2. The predicted octanol–water partition coefficient (Wildman–Crippen LogP) is 2.11. The molecule has 0 aliphatic carbocycles. The molecule has 0 aliphatic heterocycles. The van der Waals surface area contributed by atoms with Crippen LogP contribution in [-0.2, 0) is 9.53 Å². The molecule has 1 aromatic rings. The molecule has 0 fully saturated rings. The molecular weight excluding hydrogens is 256 g/mol. The molecule has 0 amide bonds. The first kappa shape index (κ1) is 16.4. The van der Waals surface area contributed by atoms with Crippen LogP contribution in [0.15, 0.2) is 29.8 Å². The van der Waals surface area contributed by atoms with Gasteiger partial charge < -0.3 is 14.9 Å². The highest BCUT2D eigenvalue weighted by atomic mass is 16.5. The van der Waals surface area contributed by atoms with Crippen LogP contribution in [-0.4, -0.2) is 36.0 Å². The van der Waals surface area contributed by atoms with Crippen LogP contribution in [0.1, 0.15) is 37.3 Å². The summed E-state index contributed by atoms with van der Waals surface area (Å²) in [6, 6.07) is 7.50. The van der Waals surface area contributed by atoms with E-state index in [1.807, 2.05) is 30.3 Å². The maximum atomic E-state index is 11.5. The topological polar surface area (TPSA) is 66.8 Å². The van der Waals surface area contributed by atoms with Crippen LogP contribution in [0.5, 0.6) is 0 Å². The largest absolute Gasteiger partial charge is 0.469 e. The van der Waals surface area contributed by atoms with E-state index >= 15 is 0 Å². The van der Waals surface area contributed by atoms with Gasteiger partial charge in [-0.2, -0.15) is 0 Å². The van der Waals surface area contributed by atoms with E-state index in [9.17, 15) is 9.90 Å². The van der Waals surface area contributed by atoms with E-state index in [-0.39, 0.29) is 18.5 Å². The normalized spacial score (nSPS) is 14.8. The maximum absolute atomic E-state index is 11.5. The Kier molecular flexibility index (Phi) is 6.42. The lowest BCUT2D eigenvalue weighted by atomic mass is 9.98. The highest BCUT2D eigenvalue weighted by molar-refractivity contribution is 5.77. The summed E-state index contributed by atoms with van der Waals surface area (Å²) in [6.45, 7) is 3.48. The summed E-state index contributed by atoms with van der Waals surface area (Å²) in [4.78, 5) is 11.5. The first-order valence-electron chi connectivity index (χ1n) is 6.66. The Labute approximate surface area is 119 Å². The molecule has 0 saturated heterocycles. The Morgan fingerprint density at radius 2 is 1.90 bits per heavy atom. The summed E-state index contributed by atoms with van der Waals surface area (Å²) in [6.07, 6.45) is 1.71. The average molecular weight is 278 g/mol. The van der Waals surface area contributed by atoms with E-state index in [1.165, 1.54) is 7.11 Å². The molecular formula is C16H22O4. The van der Waals surface area contributed by atoms with Crippen molar-refractivity contribution in [1.82, 2.24) is 0 Å². The smallest absolute Gasteiger partial charge is 0.312 e. The minimum Gasteiger partial charge on any atom is -0.469 e. The Balaban J connectivity index is 2.90. The monoisotopic (exact) mass is 278 g/mol. The quantitative estimate of drug-likeness (QED) is 0.782. The highest BCUT2D eigenvalue weighted by Gasteiger charge is 2.15. The molecule has 4 heteroatoms. The number of aliphatic hydroxyl groups excluding tert-OH is 2. The van der Waals surface area contributed by atoms with Gasteiger partial charge in [-0.25, -0.2) is 0 Å². The second-order valence-electron chi connectivity index (χ2n) is 4.78. The van der Waals surface area contributed by atoms with Crippen molar-refractivity contribution in [1.29, 1.82) is 0 Å². The van der Waals surface area contributed by atoms with E-state index in [1.54, 1.807) is 13.8 Å². The molecule has 1 rings (SSSR count). The van der Waals surface area contributed by atoms with Crippen LogP contribution in [0, 0.1) is 0 Å². The number of carbonyl (C=O) groups excluding carboxylic acids is 1. The number of ether oxygens (including phenoxy) is 1. The molecule has 2 N–H and O–H groups in total. The molecule has 1 aromatic carbocycles. The van der Waals surface area contributed by atoms with Gasteiger partial charge in [-0.05, 0) is 37.0 Å². The SMILES string of the molecule is COC(=O)C(C)c1ccc(C=C(CCO)C(C)O)cc1. The number of rotatable bonds is 6. The van der Waals surface area contributed by atoms with E-state index in [0.717, 1.165) is 16.7 Å². The number of benzene rings is 1. The van der Waals surface area contributed by atoms with Gasteiger partial charge in [0.1, 0.15) is 0 Å². The third-order valence-electron chi connectivity index (χ3n) is 3.28. The molecule has 0 spiro atoms. The molecule has 0 radical (unpaired) electrons. The van der Waals surface area contributed by atoms with Gasteiger partial charge >= 0.3 is 5.97 Å². The van der Waals surface area contributed by atoms with Crippen molar-refractivity contribution in [3.8, 4) is 0 Å². The summed E-state index contributed by atoms with van der Waals surface area (Å²) < 4.78 is 4.71. The summed E-state index contributed by atoms with van der Waals surface area (Å²) >= 11 is 0. The minimum absolute atomic E-state index is 0.00813. The van der Waals surface area contributed by atoms with Gasteiger partial charge in [0, 0.05) is 6.61 Å². The molecule has 0 bridgehead atoms. The maximum Gasteiger partial charge on any atom is 0.312 e. The number of carbonyl (C=O) groups is 1. The summed E-state index contributed by atoms with van der Waals surface area (Å²) in [5.41, 5.74) is 2.59. The number of methoxy groups -OCH3 is 1. The Morgan fingerprint density at radius 1 is 1.30 bits per heavy atom. The van der Waals surface area contributed by atoms with Crippen LogP contribution >= 0.6 is 0 Å². The number of hydrogen-bond acceptors (Lipinski definition) is 4. The van der Waals surface area contributed by atoms with Gasteiger partial charge in [-0.1, -0.05) is 30.3 Å². The third-order valence-corrected chi connectivity index (χ3v) is 3.28. The van der Waals surface area contributed by atoms with Crippen molar-refractivity contribution in [2.24, 2.45) is 0 Å². The van der Waals surface area contributed by atoms with Crippen molar-refractivity contribution in [2.75, 3.05) is 13.7 Å².